The maximum atomic E-state index is 12.8. The highest BCUT2D eigenvalue weighted by Crippen LogP contribution is 2.23. The number of nitrogens with one attached hydrogen (secondary N) is 2. The van der Waals surface area contributed by atoms with Gasteiger partial charge in [-0.2, -0.15) is 0 Å². The monoisotopic (exact) mass is 458 g/mol. The number of hydrogen-bond acceptors (Lipinski definition) is 5. The van der Waals surface area contributed by atoms with Crippen LogP contribution in [0.1, 0.15) is 15.9 Å². The summed E-state index contributed by atoms with van der Waals surface area (Å²) in [6.45, 7) is 4.02. The summed E-state index contributed by atoms with van der Waals surface area (Å²) in [5, 5.41) is 5.77. The van der Waals surface area contributed by atoms with Gasteiger partial charge >= 0.3 is 0 Å². The lowest BCUT2D eigenvalue weighted by Crippen LogP contribution is -2.37. The van der Waals surface area contributed by atoms with Crippen molar-refractivity contribution >= 4 is 28.9 Å². The number of carbonyl (C=O) groups is 2. The molecule has 3 aromatic carbocycles. The van der Waals surface area contributed by atoms with Gasteiger partial charge in [0.15, 0.2) is 0 Å². The lowest BCUT2D eigenvalue weighted by atomic mass is 10.1. The van der Waals surface area contributed by atoms with Gasteiger partial charge in [0, 0.05) is 31.0 Å². The van der Waals surface area contributed by atoms with E-state index in [-0.39, 0.29) is 18.4 Å². The zero-order chi connectivity index (χ0) is 23.8. The first-order valence-corrected chi connectivity index (χ1v) is 11.4. The topological polar surface area (TPSA) is 73.9 Å². The van der Waals surface area contributed by atoms with Crippen LogP contribution in [0.4, 0.5) is 17.1 Å². The van der Waals surface area contributed by atoms with E-state index in [1.807, 2.05) is 54.4 Å². The molecule has 1 saturated heterocycles. The molecule has 0 radical (unpaired) electrons. The van der Waals surface area contributed by atoms with Crippen LogP contribution < -0.4 is 15.5 Å². The van der Waals surface area contributed by atoms with E-state index in [0.717, 1.165) is 26.3 Å². The van der Waals surface area contributed by atoms with Crippen molar-refractivity contribution in [3.05, 3.63) is 90.0 Å². The molecule has 34 heavy (non-hydrogen) atoms. The van der Waals surface area contributed by atoms with Crippen LogP contribution in [-0.2, 0) is 16.1 Å². The maximum absolute atomic E-state index is 12.8. The zero-order valence-corrected chi connectivity index (χ0v) is 19.4. The number of morpholine rings is 1. The molecule has 1 fully saturated rings. The van der Waals surface area contributed by atoms with Gasteiger partial charge in [-0.15, -0.1) is 0 Å². The van der Waals surface area contributed by atoms with Gasteiger partial charge in [0.25, 0.3) is 5.91 Å². The number of carbonyl (C=O) groups excluding carboxylic acids is 2. The van der Waals surface area contributed by atoms with Crippen LogP contribution in [0.15, 0.2) is 78.9 Å². The summed E-state index contributed by atoms with van der Waals surface area (Å²) in [6.07, 6.45) is 0. The lowest BCUT2D eigenvalue weighted by Gasteiger charge is -2.31. The lowest BCUT2D eigenvalue weighted by molar-refractivity contribution is -0.117. The van der Waals surface area contributed by atoms with Crippen molar-refractivity contribution in [3.8, 4) is 0 Å². The molecule has 7 heteroatoms. The highest BCUT2D eigenvalue weighted by molar-refractivity contribution is 6.10. The van der Waals surface area contributed by atoms with Gasteiger partial charge in [-0.1, -0.05) is 48.5 Å². The molecule has 0 atom stereocenters. The maximum Gasteiger partial charge on any atom is 0.257 e. The highest BCUT2D eigenvalue weighted by atomic mass is 16.5. The molecule has 0 aliphatic carbocycles. The fourth-order valence-electron chi connectivity index (χ4n) is 4.05. The number of ether oxygens (including phenoxy) is 1. The van der Waals surface area contributed by atoms with Crippen LogP contribution in [0.2, 0.25) is 0 Å². The first kappa shape index (κ1) is 23.5. The second-order valence-electron chi connectivity index (χ2n) is 8.31. The molecule has 0 aromatic heterocycles. The average molecular weight is 459 g/mol. The van der Waals surface area contributed by atoms with Gasteiger partial charge in [-0.25, -0.2) is 0 Å². The molecule has 176 valence electrons. The molecule has 3 aromatic rings. The van der Waals surface area contributed by atoms with Crippen molar-refractivity contribution in [1.29, 1.82) is 0 Å². The fraction of sp³-hybridized carbons (Fsp3) is 0.259. The molecule has 0 unspecified atom stereocenters. The second-order valence-corrected chi connectivity index (χ2v) is 8.31. The molecule has 2 amide bonds. The number of likely N-dealkylation sites (N-methyl/N-ethyl adjacent to an activating group) is 1. The van der Waals surface area contributed by atoms with Crippen LogP contribution in [0.25, 0.3) is 0 Å². The van der Waals surface area contributed by atoms with Gasteiger partial charge in [-0.05, 0) is 42.9 Å². The number of para-hydroxylation sites is 3. The number of hydrogen-bond donors (Lipinski definition) is 2. The third kappa shape index (κ3) is 6.21. The van der Waals surface area contributed by atoms with Crippen LogP contribution in [0.5, 0.6) is 0 Å². The minimum Gasteiger partial charge on any atom is -0.378 e. The van der Waals surface area contributed by atoms with E-state index in [0.29, 0.717) is 23.5 Å². The second kappa shape index (κ2) is 11.4. The average Bonchev–Trinajstić information content (AvgIpc) is 2.85. The van der Waals surface area contributed by atoms with Crippen molar-refractivity contribution in [1.82, 2.24) is 4.90 Å². The number of rotatable bonds is 8. The van der Waals surface area contributed by atoms with Crippen molar-refractivity contribution < 1.29 is 14.3 Å². The van der Waals surface area contributed by atoms with E-state index in [1.54, 1.807) is 24.3 Å². The Morgan fingerprint density at radius 2 is 1.56 bits per heavy atom. The molecule has 1 heterocycles. The number of nitrogens with zero attached hydrogens (tertiary/aromatic N) is 2. The van der Waals surface area contributed by atoms with E-state index in [9.17, 15) is 9.59 Å². The molecule has 0 spiro atoms. The first-order valence-electron chi connectivity index (χ1n) is 11.4. The summed E-state index contributed by atoms with van der Waals surface area (Å²) in [5.74, 6) is -0.443. The quantitative estimate of drug-likeness (QED) is 0.537. The molecule has 0 saturated carbocycles. The van der Waals surface area contributed by atoms with Gasteiger partial charge in [-0.3, -0.25) is 14.5 Å². The van der Waals surface area contributed by atoms with Crippen molar-refractivity contribution in [2.75, 3.05) is 55.4 Å². The molecule has 2 N–H and O–H groups in total. The Morgan fingerprint density at radius 1 is 0.882 bits per heavy atom. The zero-order valence-electron chi connectivity index (χ0n) is 19.4. The van der Waals surface area contributed by atoms with E-state index in [1.165, 1.54) is 11.3 Å². The molecule has 7 nitrogen and oxygen atoms in total. The summed E-state index contributed by atoms with van der Waals surface area (Å²) >= 11 is 0. The Morgan fingerprint density at radius 3 is 2.35 bits per heavy atom. The van der Waals surface area contributed by atoms with E-state index in [4.69, 9.17) is 4.74 Å². The summed E-state index contributed by atoms with van der Waals surface area (Å²) in [6, 6.07) is 24.6. The predicted octanol–water partition coefficient (Wildman–Crippen LogP) is 3.85. The van der Waals surface area contributed by atoms with E-state index >= 15 is 0 Å². The van der Waals surface area contributed by atoms with Gasteiger partial charge < -0.3 is 20.3 Å². The molecular weight excluding hydrogens is 428 g/mol. The third-order valence-corrected chi connectivity index (χ3v) is 5.67. The Balaban J connectivity index is 1.38. The molecule has 1 aliphatic rings. The Labute approximate surface area is 200 Å². The van der Waals surface area contributed by atoms with Crippen LogP contribution in [-0.4, -0.2) is 56.6 Å². The fourth-order valence-corrected chi connectivity index (χ4v) is 4.05. The van der Waals surface area contributed by atoms with E-state index < -0.39 is 0 Å². The largest absolute Gasteiger partial charge is 0.378 e. The standard InChI is InChI=1S/C27H30N4O3/c1-30(19-21-9-5-8-14-25(21)31-15-17-34-18-16-31)20-26(32)29-24-13-7-6-12-23(24)27(33)28-22-10-3-2-4-11-22/h2-14H,15-20H2,1H3,(H,28,33)(H,29,32). The summed E-state index contributed by atoms with van der Waals surface area (Å²) in [4.78, 5) is 29.9. The minimum absolute atomic E-state index is 0.175. The summed E-state index contributed by atoms with van der Waals surface area (Å²) in [5.41, 5.74) is 3.96. The van der Waals surface area contributed by atoms with Crippen LogP contribution in [0, 0.1) is 0 Å². The third-order valence-electron chi connectivity index (χ3n) is 5.67. The first-order chi connectivity index (χ1) is 16.6. The number of amides is 2. The smallest absolute Gasteiger partial charge is 0.257 e. The van der Waals surface area contributed by atoms with Crippen molar-refractivity contribution in [2.45, 2.75) is 6.54 Å². The Kier molecular flexibility index (Phi) is 7.91. The van der Waals surface area contributed by atoms with Gasteiger partial charge in [0.2, 0.25) is 5.91 Å². The Hall–Kier alpha value is -3.68. The predicted molar refractivity (Wildman–Crippen MR) is 135 cm³/mol. The summed E-state index contributed by atoms with van der Waals surface area (Å²) < 4.78 is 5.48. The van der Waals surface area contributed by atoms with Crippen molar-refractivity contribution in [2.24, 2.45) is 0 Å². The number of benzene rings is 3. The SMILES string of the molecule is CN(CC(=O)Nc1ccccc1C(=O)Nc1ccccc1)Cc1ccccc1N1CCOCC1. The molecular formula is C27H30N4O3. The summed E-state index contributed by atoms with van der Waals surface area (Å²) in [7, 11) is 1.92. The molecule has 4 rings (SSSR count). The van der Waals surface area contributed by atoms with Crippen LogP contribution in [0.3, 0.4) is 0 Å². The normalized spacial score (nSPS) is 13.5. The minimum atomic E-state index is -0.269. The van der Waals surface area contributed by atoms with E-state index in [2.05, 4.69) is 27.7 Å². The van der Waals surface area contributed by atoms with Gasteiger partial charge in [0.1, 0.15) is 0 Å². The molecule has 0 bridgehead atoms. The van der Waals surface area contributed by atoms with Crippen LogP contribution >= 0.6 is 0 Å². The highest BCUT2D eigenvalue weighted by Gasteiger charge is 2.17. The molecule has 1 aliphatic heterocycles. The van der Waals surface area contributed by atoms with Crippen molar-refractivity contribution in [3.63, 3.8) is 0 Å². The Bertz CT molecular complexity index is 1110. The van der Waals surface area contributed by atoms with Gasteiger partial charge in [0.05, 0.1) is 31.0 Å². The number of anilines is 3.